The largest absolute Gasteiger partial charge is 0.338 e. The second kappa shape index (κ2) is 7.18. The number of likely N-dealkylation sites (tertiary alicyclic amines) is 1. The minimum absolute atomic E-state index is 0.0332. The van der Waals surface area contributed by atoms with Crippen LogP contribution in [0.2, 0.25) is 0 Å². The molecule has 27 heavy (non-hydrogen) atoms. The Kier molecular flexibility index (Phi) is 4.73. The standard InChI is InChI=1S/C23H26N2O2/c1-16-7-6-12-24(15-16)22(26)19-9-5-10-20(14-19)23(27)25-17(2)13-18-8-3-4-11-21(18)25/h3-5,8-11,14,16-17H,6-7,12-13,15H2,1-2H3. The zero-order valence-corrected chi connectivity index (χ0v) is 16.0. The SMILES string of the molecule is CC1CCCN(C(=O)c2cccc(C(=O)N3c4ccccc4CC3C)c2)C1. The highest BCUT2D eigenvalue weighted by atomic mass is 16.2. The highest BCUT2D eigenvalue weighted by Crippen LogP contribution is 2.33. The lowest BCUT2D eigenvalue weighted by Crippen LogP contribution is -2.39. The van der Waals surface area contributed by atoms with Gasteiger partial charge in [0.05, 0.1) is 0 Å². The van der Waals surface area contributed by atoms with Gasteiger partial charge in [0.1, 0.15) is 0 Å². The summed E-state index contributed by atoms with van der Waals surface area (Å²) in [6.45, 7) is 5.86. The molecule has 4 nitrogen and oxygen atoms in total. The summed E-state index contributed by atoms with van der Waals surface area (Å²) >= 11 is 0. The lowest BCUT2D eigenvalue weighted by atomic mass is 9.99. The van der Waals surface area contributed by atoms with Crippen LogP contribution in [0.3, 0.4) is 0 Å². The van der Waals surface area contributed by atoms with Crippen LogP contribution in [0.1, 0.15) is 53.0 Å². The number of rotatable bonds is 2. The van der Waals surface area contributed by atoms with E-state index in [1.807, 2.05) is 46.2 Å². The van der Waals surface area contributed by atoms with Crippen molar-refractivity contribution in [3.05, 3.63) is 65.2 Å². The van der Waals surface area contributed by atoms with Crippen LogP contribution in [0.25, 0.3) is 0 Å². The Morgan fingerprint density at radius 3 is 2.48 bits per heavy atom. The Morgan fingerprint density at radius 1 is 0.963 bits per heavy atom. The summed E-state index contributed by atoms with van der Waals surface area (Å²) in [5.74, 6) is 0.537. The predicted molar refractivity (Wildman–Crippen MR) is 107 cm³/mol. The molecule has 0 N–H and O–H groups in total. The molecule has 2 amide bonds. The molecule has 2 aliphatic heterocycles. The van der Waals surface area contributed by atoms with Crippen LogP contribution in [0.4, 0.5) is 5.69 Å². The highest BCUT2D eigenvalue weighted by Gasteiger charge is 2.31. The van der Waals surface area contributed by atoms with Crippen LogP contribution in [0.5, 0.6) is 0 Å². The molecule has 1 saturated heterocycles. The van der Waals surface area contributed by atoms with Crippen molar-refractivity contribution < 1.29 is 9.59 Å². The van der Waals surface area contributed by atoms with E-state index in [-0.39, 0.29) is 17.9 Å². The van der Waals surface area contributed by atoms with Crippen LogP contribution < -0.4 is 4.90 Å². The van der Waals surface area contributed by atoms with Crippen molar-refractivity contribution in [3.63, 3.8) is 0 Å². The van der Waals surface area contributed by atoms with Gasteiger partial charge in [0.2, 0.25) is 0 Å². The van der Waals surface area contributed by atoms with Gasteiger partial charge in [0.15, 0.2) is 0 Å². The van der Waals surface area contributed by atoms with Gasteiger partial charge in [-0.2, -0.15) is 0 Å². The monoisotopic (exact) mass is 362 g/mol. The number of fused-ring (bicyclic) bond motifs is 1. The van der Waals surface area contributed by atoms with Gasteiger partial charge in [-0.15, -0.1) is 0 Å². The van der Waals surface area contributed by atoms with E-state index in [0.29, 0.717) is 17.0 Å². The van der Waals surface area contributed by atoms with Gasteiger partial charge in [-0.25, -0.2) is 0 Å². The van der Waals surface area contributed by atoms with Crippen LogP contribution in [0.15, 0.2) is 48.5 Å². The Bertz CT molecular complexity index is 876. The number of para-hydroxylation sites is 1. The summed E-state index contributed by atoms with van der Waals surface area (Å²) in [6, 6.07) is 15.4. The number of hydrogen-bond acceptors (Lipinski definition) is 2. The van der Waals surface area contributed by atoms with Gasteiger partial charge in [-0.1, -0.05) is 31.2 Å². The molecule has 2 aliphatic rings. The van der Waals surface area contributed by atoms with Crippen molar-refractivity contribution in [1.82, 2.24) is 4.90 Å². The van der Waals surface area contributed by atoms with Gasteiger partial charge in [-0.3, -0.25) is 9.59 Å². The third kappa shape index (κ3) is 3.36. The van der Waals surface area contributed by atoms with Crippen LogP contribution >= 0.6 is 0 Å². The predicted octanol–water partition coefficient (Wildman–Crippen LogP) is 4.15. The number of carbonyl (C=O) groups excluding carboxylic acids is 2. The molecule has 0 aliphatic carbocycles. The van der Waals surface area contributed by atoms with E-state index >= 15 is 0 Å². The molecule has 0 radical (unpaired) electrons. The zero-order valence-electron chi connectivity index (χ0n) is 16.0. The van der Waals surface area contributed by atoms with Crippen molar-refractivity contribution in [1.29, 1.82) is 0 Å². The molecule has 0 spiro atoms. The third-order valence-corrected chi connectivity index (χ3v) is 5.73. The molecule has 0 bridgehead atoms. The summed E-state index contributed by atoms with van der Waals surface area (Å²) in [5.41, 5.74) is 3.37. The molecule has 1 fully saturated rings. The lowest BCUT2D eigenvalue weighted by Gasteiger charge is -2.31. The van der Waals surface area contributed by atoms with Crippen LogP contribution in [0, 0.1) is 5.92 Å². The molecular weight excluding hydrogens is 336 g/mol. The fourth-order valence-corrected chi connectivity index (χ4v) is 4.36. The highest BCUT2D eigenvalue weighted by molar-refractivity contribution is 6.09. The lowest BCUT2D eigenvalue weighted by molar-refractivity contribution is 0.0683. The van der Waals surface area contributed by atoms with Crippen molar-refractivity contribution in [3.8, 4) is 0 Å². The average Bonchev–Trinajstić information content (AvgIpc) is 3.02. The smallest absolute Gasteiger partial charge is 0.258 e. The molecule has 2 aromatic carbocycles. The summed E-state index contributed by atoms with van der Waals surface area (Å²) in [6.07, 6.45) is 3.09. The Balaban J connectivity index is 1.59. The molecule has 2 heterocycles. The molecule has 4 heteroatoms. The molecule has 0 saturated carbocycles. The number of benzene rings is 2. The van der Waals surface area contributed by atoms with Crippen molar-refractivity contribution >= 4 is 17.5 Å². The number of nitrogens with zero attached hydrogens (tertiary/aromatic N) is 2. The first-order valence-electron chi connectivity index (χ1n) is 9.85. The van der Waals surface area contributed by atoms with Crippen molar-refractivity contribution in [2.75, 3.05) is 18.0 Å². The Hall–Kier alpha value is -2.62. The fraction of sp³-hybridized carbons (Fsp3) is 0.391. The molecule has 2 atom stereocenters. The number of anilines is 1. The van der Waals surface area contributed by atoms with E-state index in [0.717, 1.165) is 31.6 Å². The van der Waals surface area contributed by atoms with Crippen molar-refractivity contribution in [2.24, 2.45) is 5.92 Å². The number of piperidine rings is 1. The Labute approximate surface area is 160 Å². The average molecular weight is 362 g/mol. The Morgan fingerprint density at radius 2 is 1.70 bits per heavy atom. The van der Waals surface area contributed by atoms with Gasteiger partial charge in [-0.05, 0) is 61.9 Å². The number of carbonyl (C=O) groups is 2. The van der Waals surface area contributed by atoms with Crippen molar-refractivity contribution in [2.45, 2.75) is 39.2 Å². The first-order valence-corrected chi connectivity index (χ1v) is 9.85. The second-order valence-electron chi connectivity index (χ2n) is 7.94. The minimum atomic E-state index is -0.0332. The maximum atomic E-state index is 13.2. The van der Waals surface area contributed by atoms with Gasteiger partial charge >= 0.3 is 0 Å². The topological polar surface area (TPSA) is 40.6 Å². The van der Waals surface area contributed by atoms with E-state index in [1.54, 1.807) is 6.07 Å². The maximum absolute atomic E-state index is 13.2. The fourth-order valence-electron chi connectivity index (χ4n) is 4.36. The first-order chi connectivity index (χ1) is 13.0. The quantitative estimate of drug-likeness (QED) is 0.805. The summed E-state index contributed by atoms with van der Waals surface area (Å²) in [7, 11) is 0. The van der Waals surface area contributed by atoms with Crippen LogP contribution in [-0.4, -0.2) is 35.8 Å². The minimum Gasteiger partial charge on any atom is -0.338 e. The van der Waals surface area contributed by atoms with Gasteiger partial charge < -0.3 is 9.80 Å². The maximum Gasteiger partial charge on any atom is 0.258 e. The molecule has 0 aromatic heterocycles. The first kappa shape index (κ1) is 17.8. The van der Waals surface area contributed by atoms with Gasteiger partial charge in [0.25, 0.3) is 11.8 Å². The molecule has 2 unspecified atom stereocenters. The van der Waals surface area contributed by atoms with Gasteiger partial charge in [0, 0.05) is 35.9 Å². The van der Waals surface area contributed by atoms with E-state index < -0.39 is 0 Å². The van der Waals surface area contributed by atoms with E-state index in [9.17, 15) is 9.59 Å². The molecule has 140 valence electrons. The number of hydrogen-bond donors (Lipinski definition) is 0. The third-order valence-electron chi connectivity index (χ3n) is 5.73. The summed E-state index contributed by atoms with van der Waals surface area (Å²) in [5, 5.41) is 0. The van der Waals surface area contributed by atoms with E-state index in [2.05, 4.69) is 19.9 Å². The molecule has 4 rings (SSSR count). The summed E-state index contributed by atoms with van der Waals surface area (Å²) in [4.78, 5) is 29.9. The van der Waals surface area contributed by atoms with Crippen LogP contribution in [-0.2, 0) is 6.42 Å². The molecular formula is C23H26N2O2. The van der Waals surface area contributed by atoms with E-state index in [1.165, 1.54) is 12.0 Å². The second-order valence-corrected chi connectivity index (χ2v) is 7.94. The summed E-state index contributed by atoms with van der Waals surface area (Å²) < 4.78 is 0. The number of amides is 2. The normalized spacial score (nSPS) is 21.9. The van der Waals surface area contributed by atoms with E-state index in [4.69, 9.17) is 0 Å². The molecule has 2 aromatic rings. The zero-order chi connectivity index (χ0) is 19.0.